The zero-order valence-corrected chi connectivity index (χ0v) is 11.9. The standard InChI is InChI=1S/C17H15FN2O/c1-12-3-8-15(16(18)9-12)17(21)20(2)11-14-6-4-13(10-19)5-7-14/h3-9H,11H2,1-2H3. The highest BCUT2D eigenvalue weighted by molar-refractivity contribution is 5.94. The van der Waals surface area contributed by atoms with E-state index in [2.05, 4.69) is 0 Å². The Labute approximate surface area is 123 Å². The van der Waals surface area contributed by atoms with E-state index in [0.717, 1.165) is 11.1 Å². The maximum Gasteiger partial charge on any atom is 0.256 e. The molecule has 106 valence electrons. The predicted octanol–water partition coefficient (Wildman–Crippen LogP) is 3.28. The van der Waals surface area contributed by atoms with E-state index in [4.69, 9.17) is 5.26 Å². The van der Waals surface area contributed by atoms with Gasteiger partial charge in [0.25, 0.3) is 5.91 Å². The van der Waals surface area contributed by atoms with Gasteiger partial charge in [0, 0.05) is 13.6 Å². The average Bonchev–Trinajstić information content (AvgIpc) is 2.47. The van der Waals surface area contributed by atoms with Gasteiger partial charge in [-0.3, -0.25) is 4.79 Å². The maximum absolute atomic E-state index is 13.8. The molecule has 0 heterocycles. The molecule has 0 N–H and O–H groups in total. The summed E-state index contributed by atoms with van der Waals surface area (Å²) < 4.78 is 13.8. The third kappa shape index (κ3) is 3.46. The Morgan fingerprint density at radius 1 is 1.24 bits per heavy atom. The molecule has 0 aliphatic carbocycles. The number of benzene rings is 2. The van der Waals surface area contributed by atoms with Crippen molar-refractivity contribution < 1.29 is 9.18 Å². The number of carbonyl (C=O) groups excluding carboxylic acids is 1. The van der Waals surface area contributed by atoms with Crippen molar-refractivity contribution in [3.8, 4) is 6.07 Å². The van der Waals surface area contributed by atoms with Gasteiger partial charge in [0.2, 0.25) is 0 Å². The average molecular weight is 282 g/mol. The number of nitrogens with zero attached hydrogens (tertiary/aromatic N) is 2. The van der Waals surface area contributed by atoms with Crippen LogP contribution in [0.1, 0.15) is 27.0 Å². The van der Waals surface area contributed by atoms with Gasteiger partial charge in [0.1, 0.15) is 5.82 Å². The molecule has 0 saturated heterocycles. The fourth-order valence-electron chi connectivity index (χ4n) is 2.03. The summed E-state index contributed by atoms with van der Waals surface area (Å²) in [6.07, 6.45) is 0. The fraction of sp³-hybridized carbons (Fsp3) is 0.176. The Morgan fingerprint density at radius 2 is 1.90 bits per heavy atom. The van der Waals surface area contributed by atoms with E-state index in [-0.39, 0.29) is 11.5 Å². The molecule has 3 nitrogen and oxygen atoms in total. The number of carbonyl (C=O) groups is 1. The summed E-state index contributed by atoms with van der Waals surface area (Å²) >= 11 is 0. The van der Waals surface area contributed by atoms with Crippen molar-refractivity contribution >= 4 is 5.91 Å². The third-order valence-electron chi connectivity index (χ3n) is 3.20. The quantitative estimate of drug-likeness (QED) is 0.867. The predicted molar refractivity (Wildman–Crippen MR) is 78.1 cm³/mol. The van der Waals surface area contributed by atoms with Crippen molar-refractivity contribution in [2.24, 2.45) is 0 Å². The van der Waals surface area contributed by atoms with Gasteiger partial charge in [-0.05, 0) is 42.3 Å². The second-order valence-electron chi connectivity index (χ2n) is 4.95. The summed E-state index contributed by atoms with van der Waals surface area (Å²) in [4.78, 5) is 13.7. The van der Waals surface area contributed by atoms with Crippen LogP contribution in [0.25, 0.3) is 0 Å². The summed E-state index contributed by atoms with van der Waals surface area (Å²) in [7, 11) is 1.62. The van der Waals surface area contributed by atoms with Crippen LogP contribution in [-0.2, 0) is 6.54 Å². The molecule has 0 saturated carbocycles. The van der Waals surface area contributed by atoms with Crippen molar-refractivity contribution in [1.82, 2.24) is 4.90 Å². The highest BCUT2D eigenvalue weighted by Crippen LogP contribution is 2.14. The molecule has 0 fully saturated rings. The van der Waals surface area contributed by atoms with Gasteiger partial charge < -0.3 is 4.90 Å². The van der Waals surface area contributed by atoms with Crippen molar-refractivity contribution in [1.29, 1.82) is 5.26 Å². The third-order valence-corrected chi connectivity index (χ3v) is 3.20. The largest absolute Gasteiger partial charge is 0.337 e. The van der Waals surface area contributed by atoms with Gasteiger partial charge in [-0.2, -0.15) is 5.26 Å². The minimum absolute atomic E-state index is 0.0664. The lowest BCUT2D eigenvalue weighted by Crippen LogP contribution is -2.27. The van der Waals surface area contributed by atoms with Gasteiger partial charge in [-0.15, -0.1) is 0 Å². The number of nitriles is 1. The van der Waals surface area contributed by atoms with Crippen LogP contribution in [0.4, 0.5) is 4.39 Å². The van der Waals surface area contributed by atoms with Crippen molar-refractivity contribution in [2.75, 3.05) is 7.05 Å². The molecular weight excluding hydrogens is 267 g/mol. The monoisotopic (exact) mass is 282 g/mol. The number of rotatable bonds is 3. The van der Waals surface area contributed by atoms with E-state index in [1.807, 2.05) is 6.07 Å². The molecule has 2 rings (SSSR count). The summed E-state index contributed by atoms with van der Waals surface area (Å²) in [5.74, 6) is -0.872. The first-order valence-corrected chi connectivity index (χ1v) is 6.52. The molecule has 1 amide bonds. The van der Waals surface area contributed by atoms with Crippen LogP contribution in [0.5, 0.6) is 0 Å². The highest BCUT2D eigenvalue weighted by Gasteiger charge is 2.16. The molecule has 0 spiro atoms. The topological polar surface area (TPSA) is 44.1 Å². The molecule has 0 bridgehead atoms. The second kappa shape index (κ2) is 6.19. The Hall–Kier alpha value is -2.67. The Balaban J connectivity index is 2.13. The molecule has 2 aromatic carbocycles. The molecule has 4 heteroatoms. The van der Waals surface area contributed by atoms with E-state index < -0.39 is 5.82 Å². The normalized spacial score (nSPS) is 10.0. The molecule has 0 radical (unpaired) electrons. The van der Waals surface area contributed by atoms with Crippen LogP contribution in [-0.4, -0.2) is 17.9 Å². The molecule has 0 aromatic heterocycles. The van der Waals surface area contributed by atoms with Gasteiger partial charge in [0.15, 0.2) is 0 Å². The van der Waals surface area contributed by atoms with Crippen molar-refractivity contribution in [2.45, 2.75) is 13.5 Å². The van der Waals surface area contributed by atoms with Gasteiger partial charge >= 0.3 is 0 Å². The van der Waals surface area contributed by atoms with E-state index in [1.165, 1.54) is 17.0 Å². The van der Waals surface area contributed by atoms with Crippen molar-refractivity contribution in [3.05, 3.63) is 70.5 Å². The molecule has 0 unspecified atom stereocenters. The minimum atomic E-state index is -0.508. The van der Waals surface area contributed by atoms with Crippen LogP contribution in [0.15, 0.2) is 42.5 Å². The van der Waals surface area contributed by atoms with E-state index >= 15 is 0 Å². The molecule has 2 aromatic rings. The number of halogens is 1. The molecule has 0 atom stereocenters. The number of hydrogen-bond acceptors (Lipinski definition) is 2. The zero-order valence-electron chi connectivity index (χ0n) is 11.9. The molecule has 0 aliphatic heterocycles. The van der Waals surface area contributed by atoms with E-state index in [9.17, 15) is 9.18 Å². The smallest absolute Gasteiger partial charge is 0.256 e. The Bertz CT molecular complexity index is 702. The van der Waals surface area contributed by atoms with Crippen LogP contribution in [0.2, 0.25) is 0 Å². The Morgan fingerprint density at radius 3 is 2.48 bits per heavy atom. The maximum atomic E-state index is 13.8. The summed E-state index contributed by atoms with van der Waals surface area (Å²) in [5.41, 5.74) is 2.30. The minimum Gasteiger partial charge on any atom is -0.337 e. The van der Waals surface area contributed by atoms with Gasteiger partial charge in [0.05, 0.1) is 17.2 Å². The number of aryl methyl sites for hydroxylation is 1. The highest BCUT2D eigenvalue weighted by atomic mass is 19.1. The van der Waals surface area contributed by atoms with E-state index in [0.29, 0.717) is 12.1 Å². The second-order valence-corrected chi connectivity index (χ2v) is 4.95. The van der Waals surface area contributed by atoms with E-state index in [1.54, 1.807) is 44.3 Å². The lowest BCUT2D eigenvalue weighted by Gasteiger charge is -2.18. The van der Waals surface area contributed by atoms with Crippen LogP contribution < -0.4 is 0 Å². The molecule has 0 aliphatic rings. The Kier molecular flexibility index (Phi) is 4.34. The first-order chi connectivity index (χ1) is 10.0. The van der Waals surface area contributed by atoms with Crippen LogP contribution in [0, 0.1) is 24.1 Å². The first-order valence-electron chi connectivity index (χ1n) is 6.52. The summed E-state index contributed by atoms with van der Waals surface area (Å²) in [5, 5.41) is 8.74. The van der Waals surface area contributed by atoms with Gasteiger partial charge in [-0.1, -0.05) is 18.2 Å². The van der Waals surface area contributed by atoms with Crippen molar-refractivity contribution in [3.63, 3.8) is 0 Å². The SMILES string of the molecule is Cc1ccc(C(=O)N(C)Cc2ccc(C#N)cc2)c(F)c1. The lowest BCUT2D eigenvalue weighted by molar-refractivity contribution is 0.0780. The summed E-state index contributed by atoms with van der Waals surface area (Å²) in [6, 6.07) is 13.6. The number of hydrogen-bond donors (Lipinski definition) is 0. The molecular formula is C17H15FN2O. The molecule has 21 heavy (non-hydrogen) atoms. The number of amides is 1. The first kappa shape index (κ1) is 14.7. The van der Waals surface area contributed by atoms with Crippen LogP contribution in [0.3, 0.4) is 0 Å². The van der Waals surface area contributed by atoms with Gasteiger partial charge in [-0.25, -0.2) is 4.39 Å². The summed E-state index contributed by atoms with van der Waals surface area (Å²) in [6.45, 7) is 2.13. The van der Waals surface area contributed by atoms with Crippen LogP contribution >= 0.6 is 0 Å². The lowest BCUT2D eigenvalue weighted by atomic mass is 10.1. The zero-order chi connectivity index (χ0) is 15.4. The fourth-order valence-corrected chi connectivity index (χ4v) is 2.03.